The number of carbonyl (C=O) groups excluding carboxylic acids is 1. The highest BCUT2D eigenvalue weighted by Gasteiger charge is 2.22. The number of fused-ring (bicyclic) bond motifs is 1. The Bertz CT molecular complexity index is 828. The maximum atomic E-state index is 12.6. The standard InChI is InChI=1S/C23H32N4OS/c1-4-24-22(26-17-23(2,3)19-8-6-5-7-9-19)25-13-10-21(28)27-14-11-20-18(16-27)12-15-29-20/h5-9,12,15H,4,10-11,13-14,16-17H2,1-3H3,(H2,24,25,26). The average Bonchev–Trinajstić information content (AvgIpc) is 3.20. The Morgan fingerprint density at radius 1 is 1.21 bits per heavy atom. The average molecular weight is 413 g/mol. The summed E-state index contributed by atoms with van der Waals surface area (Å²) in [6, 6.07) is 12.6. The van der Waals surface area contributed by atoms with Crippen LogP contribution in [0.3, 0.4) is 0 Å². The molecule has 6 heteroatoms. The summed E-state index contributed by atoms with van der Waals surface area (Å²) in [6.07, 6.45) is 1.46. The Morgan fingerprint density at radius 3 is 2.76 bits per heavy atom. The van der Waals surface area contributed by atoms with Crippen molar-refractivity contribution in [3.05, 3.63) is 57.8 Å². The zero-order valence-electron chi connectivity index (χ0n) is 17.7. The highest BCUT2D eigenvalue weighted by molar-refractivity contribution is 7.10. The van der Waals surface area contributed by atoms with Gasteiger partial charge in [-0.15, -0.1) is 11.3 Å². The number of guanidine groups is 1. The quantitative estimate of drug-likeness (QED) is 0.540. The first kappa shape index (κ1) is 21.4. The van der Waals surface area contributed by atoms with Crippen LogP contribution in [0.1, 0.15) is 43.2 Å². The van der Waals surface area contributed by atoms with Gasteiger partial charge in [0.2, 0.25) is 5.91 Å². The van der Waals surface area contributed by atoms with Gasteiger partial charge in [-0.1, -0.05) is 44.2 Å². The molecule has 5 nitrogen and oxygen atoms in total. The Hall–Kier alpha value is -2.34. The zero-order valence-corrected chi connectivity index (χ0v) is 18.5. The third-order valence-corrected chi connectivity index (χ3v) is 6.35. The first-order valence-electron chi connectivity index (χ1n) is 10.4. The van der Waals surface area contributed by atoms with Crippen LogP contribution >= 0.6 is 11.3 Å². The second-order valence-electron chi connectivity index (χ2n) is 8.06. The summed E-state index contributed by atoms with van der Waals surface area (Å²) in [5.74, 6) is 0.970. The molecule has 3 rings (SSSR count). The fraction of sp³-hybridized carbons (Fsp3) is 0.478. The lowest BCUT2D eigenvalue weighted by Crippen LogP contribution is -2.41. The van der Waals surface area contributed by atoms with Crippen molar-refractivity contribution in [2.45, 2.75) is 45.6 Å². The molecule has 0 aliphatic carbocycles. The zero-order chi connectivity index (χ0) is 20.7. The first-order valence-corrected chi connectivity index (χ1v) is 11.3. The predicted octanol–water partition coefficient (Wildman–Crippen LogP) is 3.56. The third kappa shape index (κ3) is 5.82. The molecule has 0 atom stereocenters. The number of benzene rings is 1. The molecule has 1 aliphatic heterocycles. The summed E-state index contributed by atoms with van der Waals surface area (Å²) in [5.41, 5.74) is 2.53. The molecular weight excluding hydrogens is 380 g/mol. The molecule has 0 bridgehead atoms. The molecule has 2 heterocycles. The first-order chi connectivity index (χ1) is 14.0. The number of hydrogen-bond donors (Lipinski definition) is 2. The van der Waals surface area contributed by atoms with Crippen LogP contribution < -0.4 is 10.6 Å². The smallest absolute Gasteiger partial charge is 0.224 e. The number of nitrogens with zero attached hydrogens (tertiary/aromatic N) is 2. The molecule has 0 saturated heterocycles. The van der Waals surface area contributed by atoms with Gasteiger partial charge in [0.1, 0.15) is 0 Å². The Morgan fingerprint density at radius 2 is 2.00 bits per heavy atom. The fourth-order valence-corrected chi connectivity index (χ4v) is 4.40. The molecule has 0 radical (unpaired) electrons. The molecular formula is C23H32N4OS. The fourth-order valence-electron chi connectivity index (χ4n) is 3.51. The van der Waals surface area contributed by atoms with Crippen LogP contribution in [0, 0.1) is 0 Å². The van der Waals surface area contributed by atoms with Crippen LogP contribution in [0.25, 0.3) is 0 Å². The van der Waals surface area contributed by atoms with E-state index in [0.717, 1.165) is 32.0 Å². The predicted molar refractivity (Wildman–Crippen MR) is 122 cm³/mol. The van der Waals surface area contributed by atoms with E-state index in [9.17, 15) is 4.79 Å². The van der Waals surface area contributed by atoms with Gasteiger partial charge in [0.15, 0.2) is 5.96 Å². The minimum atomic E-state index is -0.0501. The van der Waals surface area contributed by atoms with Crippen LogP contribution in [0.2, 0.25) is 0 Å². The molecule has 2 N–H and O–H groups in total. The summed E-state index contributed by atoms with van der Waals surface area (Å²) < 4.78 is 0. The Balaban J connectivity index is 1.50. The molecule has 0 saturated carbocycles. The van der Waals surface area contributed by atoms with Crippen LogP contribution in [0.15, 0.2) is 46.8 Å². The highest BCUT2D eigenvalue weighted by atomic mass is 32.1. The van der Waals surface area contributed by atoms with Crippen molar-refractivity contribution < 1.29 is 4.79 Å². The Kier molecular flexibility index (Phi) is 7.31. The number of rotatable bonds is 7. The SMILES string of the molecule is CCNC(=NCC(C)(C)c1ccccc1)NCCC(=O)N1CCc2sccc2C1. The van der Waals surface area contributed by atoms with E-state index < -0.39 is 0 Å². The Labute approximate surface area is 178 Å². The molecule has 1 aliphatic rings. The van der Waals surface area contributed by atoms with E-state index in [1.54, 1.807) is 11.3 Å². The number of amides is 1. The maximum absolute atomic E-state index is 12.6. The van der Waals surface area contributed by atoms with Gasteiger partial charge < -0.3 is 15.5 Å². The molecule has 1 aromatic heterocycles. The molecule has 1 aromatic carbocycles. The number of thiophene rings is 1. The van der Waals surface area contributed by atoms with Gasteiger partial charge in [-0.2, -0.15) is 0 Å². The van der Waals surface area contributed by atoms with E-state index in [0.29, 0.717) is 19.5 Å². The van der Waals surface area contributed by atoms with Gasteiger partial charge in [-0.25, -0.2) is 0 Å². The normalized spacial score (nSPS) is 14.4. The van der Waals surface area contributed by atoms with E-state index in [1.165, 1.54) is 16.0 Å². The number of nitrogens with one attached hydrogen (secondary N) is 2. The number of carbonyl (C=O) groups is 1. The third-order valence-electron chi connectivity index (χ3n) is 5.32. The topological polar surface area (TPSA) is 56.7 Å². The van der Waals surface area contributed by atoms with Crippen molar-refractivity contribution in [1.82, 2.24) is 15.5 Å². The minimum Gasteiger partial charge on any atom is -0.357 e. The van der Waals surface area contributed by atoms with E-state index in [-0.39, 0.29) is 11.3 Å². The lowest BCUT2D eigenvalue weighted by Gasteiger charge is -2.27. The highest BCUT2D eigenvalue weighted by Crippen LogP contribution is 2.24. The molecule has 29 heavy (non-hydrogen) atoms. The van der Waals surface area contributed by atoms with Crippen LogP contribution in [-0.2, 0) is 23.2 Å². The van der Waals surface area contributed by atoms with Crippen molar-refractivity contribution in [3.63, 3.8) is 0 Å². The van der Waals surface area contributed by atoms with Gasteiger partial charge in [0.25, 0.3) is 0 Å². The number of hydrogen-bond acceptors (Lipinski definition) is 3. The van der Waals surface area contributed by atoms with Crippen LogP contribution in [0.4, 0.5) is 0 Å². The monoisotopic (exact) mass is 412 g/mol. The van der Waals surface area contributed by atoms with Crippen molar-refractivity contribution in [1.29, 1.82) is 0 Å². The van der Waals surface area contributed by atoms with Gasteiger partial charge in [-0.3, -0.25) is 9.79 Å². The van der Waals surface area contributed by atoms with Crippen molar-refractivity contribution in [2.75, 3.05) is 26.2 Å². The largest absolute Gasteiger partial charge is 0.357 e. The minimum absolute atomic E-state index is 0.0501. The summed E-state index contributed by atoms with van der Waals surface area (Å²) in [5, 5.41) is 8.73. The van der Waals surface area contributed by atoms with Crippen molar-refractivity contribution in [3.8, 4) is 0 Å². The van der Waals surface area contributed by atoms with E-state index in [4.69, 9.17) is 4.99 Å². The second-order valence-corrected chi connectivity index (χ2v) is 9.06. The van der Waals surface area contributed by atoms with E-state index >= 15 is 0 Å². The lowest BCUT2D eigenvalue weighted by molar-refractivity contribution is -0.131. The van der Waals surface area contributed by atoms with Gasteiger partial charge in [0, 0.05) is 42.9 Å². The molecule has 2 aromatic rings. The van der Waals surface area contributed by atoms with Crippen molar-refractivity contribution >= 4 is 23.2 Å². The lowest BCUT2D eigenvalue weighted by atomic mass is 9.85. The molecule has 0 fully saturated rings. The van der Waals surface area contributed by atoms with Gasteiger partial charge in [0.05, 0.1) is 6.54 Å². The molecule has 0 unspecified atom stereocenters. The van der Waals surface area contributed by atoms with E-state index in [1.807, 2.05) is 11.0 Å². The molecule has 1 amide bonds. The molecule has 156 valence electrons. The maximum Gasteiger partial charge on any atom is 0.224 e. The molecule has 0 spiro atoms. The van der Waals surface area contributed by atoms with Crippen LogP contribution in [0.5, 0.6) is 0 Å². The number of aliphatic imine (C=N–C) groups is 1. The van der Waals surface area contributed by atoms with Gasteiger partial charge >= 0.3 is 0 Å². The van der Waals surface area contributed by atoms with Crippen LogP contribution in [-0.4, -0.2) is 42.9 Å². The summed E-state index contributed by atoms with van der Waals surface area (Å²) in [7, 11) is 0. The second kappa shape index (κ2) is 9.92. The summed E-state index contributed by atoms with van der Waals surface area (Å²) in [4.78, 5) is 20.8. The summed E-state index contributed by atoms with van der Waals surface area (Å²) >= 11 is 1.80. The summed E-state index contributed by atoms with van der Waals surface area (Å²) in [6.45, 7) is 10.1. The van der Waals surface area contributed by atoms with Crippen molar-refractivity contribution in [2.24, 2.45) is 4.99 Å². The van der Waals surface area contributed by atoms with E-state index in [2.05, 4.69) is 67.1 Å². The van der Waals surface area contributed by atoms with Gasteiger partial charge in [-0.05, 0) is 35.9 Å².